The van der Waals surface area contributed by atoms with Gasteiger partial charge in [0.1, 0.15) is 6.04 Å². The number of benzene rings is 2. The van der Waals surface area contributed by atoms with E-state index < -0.39 is 12.0 Å². The van der Waals surface area contributed by atoms with Crippen molar-refractivity contribution in [3.05, 3.63) is 58.6 Å². The highest BCUT2D eigenvalue weighted by molar-refractivity contribution is 9.10. The van der Waals surface area contributed by atoms with Crippen LogP contribution in [0.15, 0.2) is 53.0 Å². The Balaban J connectivity index is 2.34. The van der Waals surface area contributed by atoms with Gasteiger partial charge in [-0.2, -0.15) is 0 Å². The van der Waals surface area contributed by atoms with Crippen LogP contribution in [0.3, 0.4) is 0 Å². The van der Waals surface area contributed by atoms with Crippen molar-refractivity contribution >= 4 is 27.8 Å². The Hall–Kier alpha value is -2.14. The number of amides is 1. The first-order valence-corrected chi connectivity index (χ1v) is 8.95. The second-order valence-corrected chi connectivity index (χ2v) is 7.15. The molecule has 132 valence electrons. The third-order valence-electron chi connectivity index (χ3n) is 3.81. The molecule has 0 aliphatic heterocycles. The maximum absolute atomic E-state index is 12.8. The number of carbonyl (C=O) groups is 2. The molecule has 1 atom stereocenters. The van der Waals surface area contributed by atoms with Crippen LogP contribution in [0.25, 0.3) is 11.1 Å². The van der Waals surface area contributed by atoms with Gasteiger partial charge >= 0.3 is 5.97 Å². The second kappa shape index (κ2) is 8.81. The number of halogens is 1. The zero-order valence-corrected chi connectivity index (χ0v) is 16.2. The molecule has 0 radical (unpaired) electrons. The smallest absolute Gasteiger partial charge is 0.328 e. The normalized spacial score (nSPS) is 11.9. The second-order valence-electron chi connectivity index (χ2n) is 6.23. The van der Waals surface area contributed by atoms with Crippen molar-refractivity contribution < 1.29 is 14.3 Å². The molecule has 0 bridgehead atoms. The van der Waals surface area contributed by atoms with E-state index in [1.54, 1.807) is 6.07 Å². The molecule has 0 heterocycles. The highest BCUT2D eigenvalue weighted by atomic mass is 79.9. The molecule has 0 aliphatic rings. The summed E-state index contributed by atoms with van der Waals surface area (Å²) >= 11 is 3.45. The summed E-state index contributed by atoms with van der Waals surface area (Å²) in [5, 5.41) is 2.82. The standard InChI is InChI=1S/C20H22BrNO3/c1-13(2)11-18(20(24)25-3)22-19(23)16-10-9-15(21)12-17(16)14-7-5-4-6-8-14/h4-10,12-13,18H,11H2,1-3H3,(H,22,23). The summed E-state index contributed by atoms with van der Waals surface area (Å²) in [5.41, 5.74) is 2.26. The van der Waals surface area contributed by atoms with Crippen molar-refractivity contribution in [3.63, 3.8) is 0 Å². The van der Waals surface area contributed by atoms with Gasteiger partial charge in [-0.25, -0.2) is 4.79 Å². The molecule has 1 N–H and O–H groups in total. The van der Waals surface area contributed by atoms with E-state index in [1.165, 1.54) is 7.11 Å². The molecule has 0 saturated carbocycles. The molecule has 2 rings (SSSR count). The van der Waals surface area contributed by atoms with Gasteiger partial charge < -0.3 is 10.1 Å². The average Bonchev–Trinajstić information content (AvgIpc) is 2.60. The monoisotopic (exact) mass is 403 g/mol. The minimum atomic E-state index is -0.662. The summed E-state index contributed by atoms with van der Waals surface area (Å²) in [6.45, 7) is 3.99. The number of hydrogen-bond donors (Lipinski definition) is 1. The molecule has 4 nitrogen and oxygen atoms in total. The number of methoxy groups -OCH3 is 1. The van der Waals surface area contributed by atoms with E-state index in [-0.39, 0.29) is 11.8 Å². The third kappa shape index (κ3) is 5.16. The van der Waals surface area contributed by atoms with Gasteiger partial charge in [0, 0.05) is 10.0 Å². The Kier molecular flexibility index (Phi) is 6.76. The molecule has 0 spiro atoms. The molecular weight excluding hydrogens is 382 g/mol. The zero-order chi connectivity index (χ0) is 18.4. The van der Waals surface area contributed by atoms with Crippen molar-refractivity contribution in [2.45, 2.75) is 26.3 Å². The Labute approximate surface area is 156 Å². The Bertz CT molecular complexity index is 744. The lowest BCUT2D eigenvalue weighted by Crippen LogP contribution is -2.42. The molecule has 1 unspecified atom stereocenters. The molecule has 0 saturated heterocycles. The molecule has 0 aliphatic carbocycles. The SMILES string of the molecule is COC(=O)C(CC(C)C)NC(=O)c1ccc(Br)cc1-c1ccccc1. The van der Waals surface area contributed by atoms with Gasteiger partial charge in [0.25, 0.3) is 5.91 Å². The topological polar surface area (TPSA) is 55.4 Å². The predicted octanol–water partition coefficient (Wildman–Crippen LogP) is 4.43. The predicted molar refractivity (Wildman–Crippen MR) is 102 cm³/mol. The van der Waals surface area contributed by atoms with Crippen LogP contribution in [0, 0.1) is 5.92 Å². The fourth-order valence-electron chi connectivity index (χ4n) is 2.63. The molecule has 0 fully saturated rings. The summed E-state index contributed by atoms with van der Waals surface area (Å²) in [6, 6.07) is 14.5. The van der Waals surface area contributed by atoms with Crippen LogP contribution < -0.4 is 5.32 Å². The number of carbonyl (C=O) groups excluding carboxylic acids is 2. The summed E-state index contributed by atoms with van der Waals surface area (Å²) in [5.74, 6) is -0.467. The zero-order valence-electron chi connectivity index (χ0n) is 14.6. The van der Waals surface area contributed by atoms with Crippen molar-refractivity contribution in [1.29, 1.82) is 0 Å². The van der Waals surface area contributed by atoms with Crippen molar-refractivity contribution in [3.8, 4) is 11.1 Å². The number of nitrogens with one attached hydrogen (secondary N) is 1. The first-order valence-electron chi connectivity index (χ1n) is 8.16. The molecule has 5 heteroatoms. The maximum Gasteiger partial charge on any atom is 0.328 e. The van der Waals surface area contributed by atoms with Crippen LogP contribution >= 0.6 is 15.9 Å². The lowest BCUT2D eigenvalue weighted by molar-refractivity contribution is -0.143. The van der Waals surface area contributed by atoms with E-state index in [4.69, 9.17) is 4.74 Å². The van der Waals surface area contributed by atoms with Gasteiger partial charge in [-0.1, -0.05) is 60.1 Å². The van der Waals surface area contributed by atoms with E-state index >= 15 is 0 Å². The van der Waals surface area contributed by atoms with Crippen LogP contribution in [0.2, 0.25) is 0 Å². The van der Waals surface area contributed by atoms with Crippen LogP contribution in [-0.4, -0.2) is 25.0 Å². The summed E-state index contributed by atoms with van der Waals surface area (Å²) in [7, 11) is 1.33. The minimum Gasteiger partial charge on any atom is -0.467 e. The minimum absolute atomic E-state index is 0.253. The first kappa shape index (κ1) is 19.2. The average molecular weight is 404 g/mol. The Morgan fingerprint density at radius 3 is 2.40 bits per heavy atom. The van der Waals surface area contributed by atoms with Crippen molar-refractivity contribution in [1.82, 2.24) is 5.32 Å². The number of ether oxygens (including phenoxy) is 1. The summed E-state index contributed by atoms with van der Waals surface area (Å²) in [6.07, 6.45) is 0.523. The fraction of sp³-hybridized carbons (Fsp3) is 0.300. The van der Waals surface area contributed by atoms with Crippen LogP contribution in [0.5, 0.6) is 0 Å². The van der Waals surface area contributed by atoms with Gasteiger partial charge in [-0.15, -0.1) is 0 Å². The molecular formula is C20H22BrNO3. The third-order valence-corrected chi connectivity index (χ3v) is 4.30. The van der Waals surface area contributed by atoms with E-state index in [0.717, 1.165) is 15.6 Å². The molecule has 2 aromatic carbocycles. The van der Waals surface area contributed by atoms with Gasteiger partial charge in [0.2, 0.25) is 0 Å². The largest absolute Gasteiger partial charge is 0.467 e. The van der Waals surface area contributed by atoms with Crippen LogP contribution in [-0.2, 0) is 9.53 Å². The van der Waals surface area contributed by atoms with E-state index in [0.29, 0.717) is 12.0 Å². The lowest BCUT2D eigenvalue weighted by atomic mass is 9.98. The van der Waals surface area contributed by atoms with E-state index in [1.807, 2.05) is 56.3 Å². The number of rotatable bonds is 6. The van der Waals surface area contributed by atoms with E-state index in [2.05, 4.69) is 21.2 Å². The van der Waals surface area contributed by atoms with Gasteiger partial charge in [0.15, 0.2) is 0 Å². The van der Waals surface area contributed by atoms with Crippen molar-refractivity contribution in [2.75, 3.05) is 7.11 Å². The van der Waals surface area contributed by atoms with Crippen molar-refractivity contribution in [2.24, 2.45) is 5.92 Å². The fourth-order valence-corrected chi connectivity index (χ4v) is 3.00. The highest BCUT2D eigenvalue weighted by Gasteiger charge is 2.24. The number of hydrogen-bond acceptors (Lipinski definition) is 3. The molecule has 0 aromatic heterocycles. The van der Waals surface area contributed by atoms with Gasteiger partial charge in [-0.3, -0.25) is 4.79 Å². The highest BCUT2D eigenvalue weighted by Crippen LogP contribution is 2.27. The first-order chi connectivity index (χ1) is 11.9. The summed E-state index contributed by atoms with van der Waals surface area (Å²) in [4.78, 5) is 24.8. The summed E-state index contributed by atoms with van der Waals surface area (Å²) < 4.78 is 5.71. The Morgan fingerprint density at radius 2 is 1.80 bits per heavy atom. The molecule has 1 amide bonds. The van der Waals surface area contributed by atoms with Gasteiger partial charge in [0.05, 0.1) is 7.11 Å². The molecule has 25 heavy (non-hydrogen) atoms. The quantitative estimate of drug-likeness (QED) is 0.725. The Morgan fingerprint density at radius 1 is 1.12 bits per heavy atom. The van der Waals surface area contributed by atoms with Gasteiger partial charge in [-0.05, 0) is 41.7 Å². The lowest BCUT2D eigenvalue weighted by Gasteiger charge is -2.19. The molecule has 2 aromatic rings. The maximum atomic E-state index is 12.8. The number of esters is 1. The van der Waals surface area contributed by atoms with Crippen LogP contribution in [0.1, 0.15) is 30.6 Å². The van der Waals surface area contributed by atoms with E-state index in [9.17, 15) is 9.59 Å². The van der Waals surface area contributed by atoms with Crippen LogP contribution in [0.4, 0.5) is 0 Å².